The van der Waals surface area contributed by atoms with Crippen molar-refractivity contribution in [3.05, 3.63) is 0 Å². The van der Waals surface area contributed by atoms with Crippen molar-refractivity contribution in [2.24, 2.45) is 5.92 Å². The molecule has 3 aliphatic heterocycles. The maximum absolute atomic E-state index is 12.3. The summed E-state index contributed by atoms with van der Waals surface area (Å²) in [5.74, 6) is 0.736. The zero-order valence-corrected chi connectivity index (χ0v) is 13.9. The van der Waals surface area contributed by atoms with Crippen LogP contribution in [-0.4, -0.2) is 85.4 Å². The van der Waals surface area contributed by atoms with Crippen LogP contribution in [0.3, 0.4) is 0 Å². The molecule has 0 unspecified atom stereocenters. The summed E-state index contributed by atoms with van der Waals surface area (Å²) in [5.41, 5.74) is 0. The highest BCUT2D eigenvalue weighted by atomic mass is 35.5. The molecule has 0 aromatic rings. The molecular formula is C15H27ClN4O2. The van der Waals surface area contributed by atoms with Gasteiger partial charge in [0.2, 0.25) is 11.8 Å². The minimum atomic E-state index is 0. The molecule has 126 valence electrons. The molecule has 0 saturated carbocycles. The van der Waals surface area contributed by atoms with Gasteiger partial charge in [-0.3, -0.25) is 14.5 Å². The lowest BCUT2D eigenvalue weighted by Crippen LogP contribution is -2.52. The van der Waals surface area contributed by atoms with E-state index in [1.54, 1.807) is 0 Å². The predicted molar refractivity (Wildman–Crippen MR) is 87.1 cm³/mol. The van der Waals surface area contributed by atoms with E-state index >= 15 is 0 Å². The molecule has 0 aromatic carbocycles. The lowest BCUT2D eigenvalue weighted by Gasteiger charge is -2.31. The Labute approximate surface area is 138 Å². The van der Waals surface area contributed by atoms with Crippen LogP contribution in [0.25, 0.3) is 0 Å². The summed E-state index contributed by atoms with van der Waals surface area (Å²) in [6.07, 6.45) is 3.26. The molecule has 3 saturated heterocycles. The van der Waals surface area contributed by atoms with Crippen molar-refractivity contribution < 1.29 is 9.59 Å². The fourth-order valence-electron chi connectivity index (χ4n) is 3.33. The van der Waals surface area contributed by atoms with Crippen LogP contribution < -0.4 is 5.32 Å². The minimum Gasteiger partial charge on any atom is -0.342 e. The van der Waals surface area contributed by atoms with Gasteiger partial charge in [-0.2, -0.15) is 0 Å². The summed E-state index contributed by atoms with van der Waals surface area (Å²) in [6.45, 7) is 7.37. The molecule has 6 nitrogen and oxygen atoms in total. The zero-order valence-electron chi connectivity index (χ0n) is 13.1. The summed E-state index contributed by atoms with van der Waals surface area (Å²) in [7, 11) is 0. The van der Waals surface area contributed by atoms with Crippen LogP contribution in [-0.2, 0) is 9.59 Å². The Hall–Kier alpha value is -0.850. The average Bonchev–Trinajstić information content (AvgIpc) is 2.85. The summed E-state index contributed by atoms with van der Waals surface area (Å²) in [6, 6.07) is 0. The van der Waals surface area contributed by atoms with E-state index in [9.17, 15) is 9.59 Å². The number of nitrogens with zero attached hydrogens (tertiary/aromatic N) is 3. The molecule has 3 aliphatic rings. The van der Waals surface area contributed by atoms with E-state index < -0.39 is 0 Å². The van der Waals surface area contributed by atoms with Gasteiger partial charge in [0.15, 0.2) is 0 Å². The lowest BCUT2D eigenvalue weighted by molar-refractivity contribution is -0.136. The maximum atomic E-state index is 12.3. The third-order valence-electron chi connectivity index (χ3n) is 4.85. The number of carbonyl (C=O) groups is 2. The number of hydrogen-bond acceptors (Lipinski definition) is 4. The topological polar surface area (TPSA) is 55.9 Å². The molecule has 0 bridgehead atoms. The summed E-state index contributed by atoms with van der Waals surface area (Å²) in [4.78, 5) is 30.7. The van der Waals surface area contributed by atoms with E-state index in [2.05, 4.69) is 10.2 Å². The zero-order chi connectivity index (χ0) is 14.7. The molecule has 0 atom stereocenters. The molecule has 0 aromatic heterocycles. The van der Waals surface area contributed by atoms with E-state index in [1.807, 2.05) is 9.80 Å². The lowest BCUT2D eigenvalue weighted by atomic mass is 10.0. The van der Waals surface area contributed by atoms with E-state index in [4.69, 9.17) is 0 Å². The second-order valence-corrected chi connectivity index (χ2v) is 6.40. The quantitative estimate of drug-likeness (QED) is 0.777. The van der Waals surface area contributed by atoms with Crippen molar-refractivity contribution in [1.29, 1.82) is 0 Å². The Morgan fingerprint density at radius 3 is 2.18 bits per heavy atom. The normalized spacial score (nSPS) is 23.6. The average molecular weight is 331 g/mol. The minimum absolute atomic E-state index is 0. The molecule has 1 N–H and O–H groups in total. The van der Waals surface area contributed by atoms with E-state index in [0.29, 0.717) is 12.5 Å². The molecule has 7 heteroatoms. The second kappa shape index (κ2) is 8.13. The van der Waals surface area contributed by atoms with Crippen LogP contribution in [0.15, 0.2) is 0 Å². The van der Waals surface area contributed by atoms with Crippen molar-refractivity contribution in [2.45, 2.75) is 19.3 Å². The Morgan fingerprint density at radius 2 is 1.55 bits per heavy atom. The molecule has 0 radical (unpaired) electrons. The first-order chi connectivity index (χ1) is 10.2. The Bertz CT molecular complexity index is 397. The maximum Gasteiger partial charge on any atom is 0.236 e. The molecular weight excluding hydrogens is 304 g/mol. The summed E-state index contributed by atoms with van der Waals surface area (Å²) >= 11 is 0. The summed E-state index contributed by atoms with van der Waals surface area (Å²) in [5, 5.41) is 3.15. The Morgan fingerprint density at radius 1 is 0.864 bits per heavy atom. The van der Waals surface area contributed by atoms with Crippen LogP contribution in [0.4, 0.5) is 0 Å². The van der Waals surface area contributed by atoms with Crippen molar-refractivity contribution in [1.82, 2.24) is 20.0 Å². The Kier molecular flexibility index (Phi) is 6.47. The van der Waals surface area contributed by atoms with Gasteiger partial charge in [-0.1, -0.05) is 0 Å². The second-order valence-electron chi connectivity index (χ2n) is 6.40. The van der Waals surface area contributed by atoms with Gasteiger partial charge in [0.1, 0.15) is 0 Å². The highest BCUT2D eigenvalue weighted by Crippen LogP contribution is 2.12. The number of hydrogen-bond donors (Lipinski definition) is 1. The summed E-state index contributed by atoms with van der Waals surface area (Å²) < 4.78 is 0. The highest BCUT2D eigenvalue weighted by Gasteiger charge is 2.30. The fourth-order valence-corrected chi connectivity index (χ4v) is 3.33. The van der Waals surface area contributed by atoms with Crippen LogP contribution in [0.1, 0.15) is 19.3 Å². The van der Waals surface area contributed by atoms with Gasteiger partial charge in [0, 0.05) is 52.4 Å². The number of carbonyl (C=O) groups excluding carboxylic acids is 2. The van der Waals surface area contributed by atoms with E-state index in [-0.39, 0.29) is 24.2 Å². The first-order valence-corrected chi connectivity index (χ1v) is 8.23. The van der Waals surface area contributed by atoms with Crippen LogP contribution in [0.5, 0.6) is 0 Å². The third kappa shape index (κ3) is 4.12. The molecule has 3 rings (SSSR count). The number of nitrogens with one attached hydrogen (secondary N) is 1. The van der Waals surface area contributed by atoms with Crippen LogP contribution in [0.2, 0.25) is 0 Å². The van der Waals surface area contributed by atoms with Gasteiger partial charge in [-0.15, -0.1) is 12.4 Å². The van der Waals surface area contributed by atoms with Crippen molar-refractivity contribution in [2.75, 3.05) is 58.9 Å². The number of likely N-dealkylation sites (tertiary alicyclic amines) is 1. The highest BCUT2D eigenvalue weighted by molar-refractivity contribution is 5.85. The van der Waals surface area contributed by atoms with Crippen molar-refractivity contribution in [3.63, 3.8) is 0 Å². The molecule has 3 heterocycles. The molecule has 3 fully saturated rings. The SMILES string of the molecule is Cl.O=C(CN1CCCN(C(=O)C2CNC2)CC1)N1CCCC1. The number of rotatable bonds is 3. The van der Waals surface area contributed by atoms with Crippen molar-refractivity contribution in [3.8, 4) is 0 Å². The molecule has 0 aliphatic carbocycles. The van der Waals surface area contributed by atoms with Gasteiger partial charge in [0.25, 0.3) is 0 Å². The molecule has 22 heavy (non-hydrogen) atoms. The van der Waals surface area contributed by atoms with Gasteiger partial charge >= 0.3 is 0 Å². The first-order valence-electron chi connectivity index (χ1n) is 8.23. The van der Waals surface area contributed by atoms with E-state index in [0.717, 1.165) is 71.6 Å². The number of amides is 2. The monoisotopic (exact) mass is 330 g/mol. The standard InChI is InChI=1S/C15H26N4O2.ClH/c20-14(18-5-1-2-6-18)12-17-4-3-7-19(9-8-17)15(21)13-10-16-11-13;/h13,16H,1-12H2;1H. The van der Waals surface area contributed by atoms with Gasteiger partial charge in [-0.25, -0.2) is 0 Å². The van der Waals surface area contributed by atoms with Crippen LogP contribution in [0, 0.1) is 5.92 Å². The molecule has 2 amide bonds. The largest absolute Gasteiger partial charge is 0.342 e. The van der Waals surface area contributed by atoms with E-state index in [1.165, 1.54) is 0 Å². The van der Waals surface area contributed by atoms with Gasteiger partial charge < -0.3 is 15.1 Å². The fraction of sp³-hybridized carbons (Fsp3) is 0.867. The van der Waals surface area contributed by atoms with Crippen molar-refractivity contribution >= 4 is 24.2 Å². The number of halogens is 1. The predicted octanol–water partition coefficient (Wildman–Crippen LogP) is -0.216. The van der Waals surface area contributed by atoms with Gasteiger partial charge in [-0.05, 0) is 19.3 Å². The van der Waals surface area contributed by atoms with Gasteiger partial charge in [0.05, 0.1) is 12.5 Å². The third-order valence-corrected chi connectivity index (χ3v) is 4.85. The molecule has 0 spiro atoms. The van der Waals surface area contributed by atoms with Crippen LogP contribution >= 0.6 is 12.4 Å². The Balaban J connectivity index is 0.00000176. The smallest absolute Gasteiger partial charge is 0.236 e. The first kappa shape index (κ1) is 17.5.